The first kappa shape index (κ1) is 16.7. The molecule has 0 radical (unpaired) electrons. The fourth-order valence-electron chi connectivity index (χ4n) is 1.87. The summed E-state index contributed by atoms with van der Waals surface area (Å²) in [6.45, 7) is 0.905. The topological polar surface area (TPSA) is 71.1 Å². The highest BCUT2D eigenvalue weighted by atomic mass is 79.9. The van der Waals surface area contributed by atoms with Crippen LogP contribution in [0, 0.1) is 0 Å². The molecule has 118 valence electrons. The van der Waals surface area contributed by atoms with Gasteiger partial charge in [-0.3, -0.25) is 4.18 Å². The minimum atomic E-state index is -3.57. The van der Waals surface area contributed by atoms with Crippen molar-refractivity contribution >= 4 is 26.0 Å². The van der Waals surface area contributed by atoms with Gasteiger partial charge in [0, 0.05) is 4.47 Å². The van der Waals surface area contributed by atoms with Crippen LogP contribution in [0.15, 0.2) is 28.7 Å². The third-order valence-electron chi connectivity index (χ3n) is 2.89. The van der Waals surface area contributed by atoms with E-state index in [1.54, 1.807) is 0 Å². The zero-order valence-electron chi connectivity index (χ0n) is 11.5. The number of benzene rings is 1. The van der Waals surface area contributed by atoms with Crippen molar-refractivity contribution in [2.45, 2.75) is 12.2 Å². The molecule has 2 unspecified atom stereocenters. The number of hydrogen-bond acceptors (Lipinski definition) is 6. The largest absolute Gasteiger partial charge is 0.491 e. The van der Waals surface area contributed by atoms with Crippen LogP contribution < -0.4 is 4.74 Å². The summed E-state index contributed by atoms with van der Waals surface area (Å²) >= 11 is 3.35. The first-order chi connectivity index (χ1) is 9.98. The molecule has 0 N–H and O–H groups in total. The van der Waals surface area contributed by atoms with Gasteiger partial charge in [-0.05, 0) is 24.3 Å². The maximum atomic E-state index is 11.4. The Hall–Kier alpha value is -0.670. The fourth-order valence-corrected chi connectivity index (χ4v) is 2.90. The van der Waals surface area contributed by atoms with E-state index < -0.39 is 16.2 Å². The van der Waals surface area contributed by atoms with Crippen LogP contribution in [0.4, 0.5) is 0 Å². The molecule has 1 aliphatic heterocycles. The maximum absolute atomic E-state index is 11.4. The quantitative estimate of drug-likeness (QED) is 0.697. The average molecular weight is 381 g/mol. The molecule has 1 aromatic rings. The Bertz CT molecular complexity index is 544. The van der Waals surface area contributed by atoms with E-state index in [-0.39, 0.29) is 18.5 Å². The Labute approximate surface area is 132 Å². The van der Waals surface area contributed by atoms with Gasteiger partial charge < -0.3 is 14.2 Å². The fraction of sp³-hybridized carbons (Fsp3) is 0.538. The molecule has 8 heteroatoms. The lowest BCUT2D eigenvalue weighted by Gasteiger charge is -2.29. The Morgan fingerprint density at radius 2 is 1.90 bits per heavy atom. The van der Waals surface area contributed by atoms with Crippen molar-refractivity contribution in [3.63, 3.8) is 0 Å². The maximum Gasteiger partial charge on any atom is 0.269 e. The summed E-state index contributed by atoms with van der Waals surface area (Å²) in [6, 6.07) is 7.42. The summed E-state index contributed by atoms with van der Waals surface area (Å²) in [5.74, 6) is 0.492. The molecule has 0 saturated carbocycles. The van der Waals surface area contributed by atoms with Crippen molar-refractivity contribution in [2.24, 2.45) is 0 Å². The van der Waals surface area contributed by atoms with Crippen LogP contribution in [0.1, 0.15) is 0 Å². The summed E-state index contributed by atoms with van der Waals surface area (Å²) in [5.41, 5.74) is 0. The monoisotopic (exact) mass is 380 g/mol. The smallest absolute Gasteiger partial charge is 0.269 e. The Morgan fingerprint density at radius 3 is 2.57 bits per heavy atom. The van der Waals surface area contributed by atoms with Crippen molar-refractivity contribution in [2.75, 3.05) is 32.7 Å². The summed E-state index contributed by atoms with van der Waals surface area (Å²) in [5, 5.41) is 0. The van der Waals surface area contributed by atoms with Gasteiger partial charge in [0.15, 0.2) is 0 Å². The molecule has 1 aromatic carbocycles. The summed E-state index contributed by atoms with van der Waals surface area (Å²) < 4.78 is 44.8. The van der Waals surface area contributed by atoms with E-state index in [9.17, 15) is 8.42 Å². The minimum Gasteiger partial charge on any atom is -0.491 e. The van der Waals surface area contributed by atoms with Crippen LogP contribution in [0.5, 0.6) is 5.75 Å². The van der Waals surface area contributed by atoms with E-state index in [0.717, 1.165) is 11.6 Å². The van der Waals surface area contributed by atoms with E-state index in [1.807, 2.05) is 24.3 Å². The predicted molar refractivity (Wildman–Crippen MR) is 79.9 cm³/mol. The molecule has 0 spiro atoms. The molecule has 0 aromatic heterocycles. The van der Waals surface area contributed by atoms with Gasteiger partial charge in [-0.15, -0.1) is 0 Å². The molecule has 1 heterocycles. The molecule has 1 aliphatic rings. The van der Waals surface area contributed by atoms with Gasteiger partial charge in [-0.2, -0.15) is 8.42 Å². The van der Waals surface area contributed by atoms with Gasteiger partial charge in [-0.1, -0.05) is 15.9 Å². The highest BCUT2D eigenvalue weighted by Crippen LogP contribution is 2.17. The highest BCUT2D eigenvalue weighted by Gasteiger charge is 2.28. The molecule has 0 bridgehead atoms. The van der Waals surface area contributed by atoms with E-state index in [1.165, 1.54) is 0 Å². The van der Waals surface area contributed by atoms with Gasteiger partial charge in [0.2, 0.25) is 0 Å². The SMILES string of the molecule is COS(=O)(=O)CC1COCC(COc2ccc(Br)cc2)O1. The van der Waals surface area contributed by atoms with Crippen molar-refractivity contribution in [3.8, 4) is 5.75 Å². The average Bonchev–Trinajstić information content (AvgIpc) is 2.47. The number of rotatable bonds is 6. The van der Waals surface area contributed by atoms with Crippen molar-refractivity contribution < 1.29 is 26.8 Å². The van der Waals surface area contributed by atoms with Gasteiger partial charge in [0.25, 0.3) is 10.1 Å². The molecule has 0 amide bonds. The molecular weight excluding hydrogens is 364 g/mol. The molecule has 1 saturated heterocycles. The third-order valence-corrected chi connectivity index (χ3v) is 4.70. The van der Waals surface area contributed by atoms with Crippen molar-refractivity contribution in [1.29, 1.82) is 0 Å². The predicted octanol–water partition coefficient (Wildman–Crippen LogP) is 1.59. The van der Waals surface area contributed by atoms with Crippen LogP contribution >= 0.6 is 15.9 Å². The summed E-state index contributed by atoms with van der Waals surface area (Å²) in [4.78, 5) is 0. The van der Waals surface area contributed by atoms with Crippen LogP contribution in [-0.2, 0) is 23.8 Å². The Kier molecular flexibility index (Phi) is 6.00. The lowest BCUT2D eigenvalue weighted by Crippen LogP contribution is -2.42. The van der Waals surface area contributed by atoms with E-state index in [2.05, 4.69) is 20.1 Å². The Balaban J connectivity index is 1.82. The molecule has 1 fully saturated rings. The minimum absolute atomic E-state index is 0.224. The van der Waals surface area contributed by atoms with Crippen molar-refractivity contribution in [1.82, 2.24) is 0 Å². The molecule has 2 atom stereocenters. The summed E-state index contributed by atoms with van der Waals surface area (Å²) in [7, 11) is -2.43. The summed E-state index contributed by atoms with van der Waals surface area (Å²) in [6.07, 6.45) is -0.846. The zero-order valence-corrected chi connectivity index (χ0v) is 13.9. The normalized spacial score (nSPS) is 23.0. The highest BCUT2D eigenvalue weighted by molar-refractivity contribution is 9.10. The lowest BCUT2D eigenvalue weighted by molar-refractivity contribution is -0.139. The standard InChI is InChI=1S/C13H17BrO6S/c1-17-21(15,16)9-13-7-18-6-12(20-13)8-19-11-4-2-10(14)3-5-11/h2-5,12-13H,6-9H2,1H3. The third kappa shape index (κ3) is 5.55. The first-order valence-corrected chi connectivity index (χ1v) is 8.75. The number of ether oxygens (including phenoxy) is 3. The number of hydrogen-bond donors (Lipinski definition) is 0. The van der Waals surface area contributed by atoms with E-state index in [0.29, 0.717) is 19.0 Å². The Morgan fingerprint density at radius 1 is 1.24 bits per heavy atom. The molecule has 21 heavy (non-hydrogen) atoms. The van der Waals surface area contributed by atoms with Gasteiger partial charge in [0.05, 0.1) is 26.4 Å². The van der Waals surface area contributed by atoms with Gasteiger partial charge in [-0.25, -0.2) is 0 Å². The van der Waals surface area contributed by atoms with Crippen LogP contribution in [0.2, 0.25) is 0 Å². The van der Waals surface area contributed by atoms with Crippen LogP contribution in [-0.4, -0.2) is 53.3 Å². The van der Waals surface area contributed by atoms with Crippen molar-refractivity contribution in [3.05, 3.63) is 28.7 Å². The molecular formula is C13H17BrO6S. The zero-order chi connectivity index (χ0) is 15.3. The molecule has 0 aliphatic carbocycles. The second-order valence-electron chi connectivity index (χ2n) is 4.57. The molecule has 6 nitrogen and oxygen atoms in total. The van der Waals surface area contributed by atoms with E-state index in [4.69, 9.17) is 14.2 Å². The van der Waals surface area contributed by atoms with Gasteiger partial charge >= 0.3 is 0 Å². The first-order valence-electron chi connectivity index (χ1n) is 6.38. The second-order valence-corrected chi connectivity index (χ2v) is 7.27. The number of halogens is 1. The second kappa shape index (κ2) is 7.55. The molecule has 2 rings (SSSR count). The lowest BCUT2D eigenvalue weighted by atomic mass is 10.3. The van der Waals surface area contributed by atoms with E-state index >= 15 is 0 Å². The van der Waals surface area contributed by atoms with Crippen LogP contribution in [0.25, 0.3) is 0 Å². The van der Waals surface area contributed by atoms with Crippen LogP contribution in [0.3, 0.4) is 0 Å². The van der Waals surface area contributed by atoms with Gasteiger partial charge in [0.1, 0.15) is 24.2 Å².